The number of thiophene rings is 1. The summed E-state index contributed by atoms with van der Waals surface area (Å²) in [4.78, 5) is 0.174. The third kappa shape index (κ3) is 2.27. The SMILES string of the molecule is O=S(=O)(c1ccsc1Cl)N1CCC(c2nn[nH]n2)C1. The lowest BCUT2D eigenvalue weighted by Gasteiger charge is -2.15. The molecular formula is C9H10ClN5O2S2. The minimum absolute atomic E-state index is 0.0223. The van der Waals surface area contributed by atoms with Crippen LogP contribution in [0.4, 0.5) is 0 Å². The van der Waals surface area contributed by atoms with Gasteiger partial charge in [0.15, 0.2) is 5.82 Å². The quantitative estimate of drug-likeness (QED) is 0.914. The van der Waals surface area contributed by atoms with Gasteiger partial charge in [0, 0.05) is 19.0 Å². The lowest BCUT2D eigenvalue weighted by Crippen LogP contribution is -2.28. The number of H-pyrrole nitrogens is 1. The number of aromatic amines is 1. The van der Waals surface area contributed by atoms with E-state index in [1.165, 1.54) is 21.7 Å². The minimum atomic E-state index is -3.52. The third-order valence-electron chi connectivity index (χ3n) is 3.08. The van der Waals surface area contributed by atoms with Crippen molar-refractivity contribution in [2.45, 2.75) is 17.2 Å². The number of tetrazole rings is 1. The molecule has 2 aromatic rings. The molecule has 0 radical (unpaired) electrons. The van der Waals surface area contributed by atoms with E-state index in [4.69, 9.17) is 11.6 Å². The Morgan fingerprint density at radius 3 is 3.00 bits per heavy atom. The molecule has 7 nitrogen and oxygen atoms in total. The lowest BCUT2D eigenvalue weighted by molar-refractivity contribution is 0.471. The van der Waals surface area contributed by atoms with Gasteiger partial charge in [0.1, 0.15) is 9.23 Å². The molecule has 0 amide bonds. The van der Waals surface area contributed by atoms with Crippen molar-refractivity contribution in [3.05, 3.63) is 21.6 Å². The maximum atomic E-state index is 12.4. The number of nitrogens with zero attached hydrogens (tertiary/aromatic N) is 4. The largest absolute Gasteiger partial charge is 0.245 e. The highest BCUT2D eigenvalue weighted by Crippen LogP contribution is 2.33. The van der Waals surface area contributed by atoms with Gasteiger partial charge in [0.05, 0.1) is 0 Å². The van der Waals surface area contributed by atoms with Gasteiger partial charge in [-0.2, -0.15) is 9.52 Å². The predicted octanol–water partition coefficient (Wildman–Crippen LogP) is 1.09. The summed E-state index contributed by atoms with van der Waals surface area (Å²) >= 11 is 7.12. The van der Waals surface area contributed by atoms with Crippen LogP contribution in [0.2, 0.25) is 4.34 Å². The number of nitrogens with one attached hydrogen (secondary N) is 1. The van der Waals surface area contributed by atoms with Crippen molar-refractivity contribution in [1.82, 2.24) is 24.9 Å². The van der Waals surface area contributed by atoms with Crippen LogP contribution < -0.4 is 0 Å². The summed E-state index contributed by atoms with van der Waals surface area (Å²) in [6.07, 6.45) is 0.681. The van der Waals surface area contributed by atoms with Crippen LogP contribution >= 0.6 is 22.9 Å². The zero-order chi connectivity index (χ0) is 13.5. The first-order valence-corrected chi connectivity index (χ1v) is 8.25. The van der Waals surface area contributed by atoms with Crippen LogP contribution in [0.25, 0.3) is 0 Å². The topological polar surface area (TPSA) is 91.8 Å². The van der Waals surface area contributed by atoms with Crippen LogP contribution in [-0.4, -0.2) is 46.4 Å². The van der Waals surface area contributed by atoms with Gasteiger partial charge in [0.2, 0.25) is 10.0 Å². The van der Waals surface area contributed by atoms with E-state index < -0.39 is 10.0 Å². The average Bonchev–Trinajstić information content (AvgIpc) is 3.10. The highest BCUT2D eigenvalue weighted by molar-refractivity contribution is 7.89. The van der Waals surface area contributed by atoms with E-state index >= 15 is 0 Å². The highest BCUT2D eigenvalue weighted by Gasteiger charge is 2.36. The molecule has 3 rings (SSSR count). The fourth-order valence-electron chi connectivity index (χ4n) is 2.11. The van der Waals surface area contributed by atoms with Gasteiger partial charge in [0.25, 0.3) is 0 Å². The molecule has 1 N–H and O–H groups in total. The van der Waals surface area contributed by atoms with Crippen molar-refractivity contribution in [2.24, 2.45) is 0 Å². The fraction of sp³-hybridized carbons (Fsp3) is 0.444. The smallest absolute Gasteiger partial charge is 0.207 e. The number of sulfonamides is 1. The number of hydrogen-bond acceptors (Lipinski definition) is 6. The van der Waals surface area contributed by atoms with E-state index in [1.807, 2.05) is 0 Å². The Morgan fingerprint density at radius 1 is 1.53 bits per heavy atom. The van der Waals surface area contributed by atoms with E-state index in [2.05, 4.69) is 20.6 Å². The molecule has 0 spiro atoms. The van der Waals surface area contributed by atoms with E-state index in [0.29, 0.717) is 29.7 Å². The summed E-state index contributed by atoms with van der Waals surface area (Å²) in [6.45, 7) is 0.793. The molecule has 10 heteroatoms. The van der Waals surface area contributed by atoms with Crippen LogP contribution in [0.3, 0.4) is 0 Å². The molecule has 1 fully saturated rings. The van der Waals surface area contributed by atoms with E-state index in [1.54, 1.807) is 5.38 Å². The highest BCUT2D eigenvalue weighted by atomic mass is 35.5. The minimum Gasteiger partial charge on any atom is -0.207 e. The maximum absolute atomic E-state index is 12.4. The van der Waals surface area contributed by atoms with Gasteiger partial charge in [-0.3, -0.25) is 0 Å². The van der Waals surface area contributed by atoms with Gasteiger partial charge in [-0.1, -0.05) is 16.8 Å². The van der Waals surface area contributed by atoms with Crippen LogP contribution in [0.1, 0.15) is 18.2 Å². The van der Waals surface area contributed by atoms with Crippen molar-refractivity contribution in [3.63, 3.8) is 0 Å². The standard InChI is InChI=1S/C9H10ClN5O2S2/c10-8-7(2-4-18-8)19(16,17)15-3-1-6(5-15)9-11-13-14-12-9/h2,4,6H,1,3,5H2,(H,11,12,13,14). The molecule has 0 saturated carbocycles. The Kier molecular flexibility index (Phi) is 3.29. The predicted molar refractivity (Wildman–Crippen MR) is 69.6 cm³/mol. The van der Waals surface area contributed by atoms with E-state index in [-0.39, 0.29) is 10.8 Å². The molecule has 0 aromatic carbocycles. The molecule has 2 aromatic heterocycles. The van der Waals surface area contributed by atoms with Gasteiger partial charge in [-0.25, -0.2) is 8.42 Å². The summed E-state index contributed by atoms with van der Waals surface area (Å²) in [5, 5.41) is 15.3. The van der Waals surface area contributed by atoms with Crippen molar-refractivity contribution in [3.8, 4) is 0 Å². The molecule has 102 valence electrons. The normalized spacial score (nSPS) is 21.0. The third-order valence-corrected chi connectivity index (χ3v) is 6.40. The van der Waals surface area contributed by atoms with Crippen LogP contribution in [0, 0.1) is 0 Å². The van der Waals surface area contributed by atoms with Crippen molar-refractivity contribution < 1.29 is 8.42 Å². The molecule has 1 atom stereocenters. The molecule has 0 bridgehead atoms. The average molecular weight is 320 g/mol. The van der Waals surface area contributed by atoms with Crippen molar-refractivity contribution >= 4 is 33.0 Å². The lowest BCUT2D eigenvalue weighted by atomic mass is 10.1. The Labute approximate surface area is 118 Å². The first-order chi connectivity index (χ1) is 9.09. The van der Waals surface area contributed by atoms with Gasteiger partial charge >= 0.3 is 0 Å². The molecule has 3 heterocycles. The number of halogens is 1. The Hall–Kier alpha value is -1.03. The van der Waals surface area contributed by atoms with Crippen LogP contribution in [0.15, 0.2) is 16.3 Å². The summed E-state index contributed by atoms with van der Waals surface area (Å²) in [5.41, 5.74) is 0. The fourth-order valence-corrected chi connectivity index (χ4v) is 5.11. The monoisotopic (exact) mass is 319 g/mol. The first-order valence-electron chi connectivity index (χ1n) is 5.55. The summed E-state index contributed by atoms with van der Waals surface area (Å²) < 4.78 is 26.5. The second-order valence-corrected chi connectivity index (χ2v) is 7.60. The Balaban J connectivity index is 1.83. The molecule has 1 aliphatic rings. The molecule has 1 unspecified atom stereocenters. The summed E-state index contributed by atoms with van der Waals surface area (Å²) in [5.74, 6) is 0.528. The van der Waals surface area contributed by atoms with Gasteiger partial charge < -0.3 is 0 Å². The molecule has 0 aliphatic carbocycles. The molecular weight excluding hydrogens is 310 g/mol. The Morgan fingerprint density at radius 2 is 2.37 bits per heavy atom. The number of aromatic nitrogens is 4. The molecule has 19 heavy (non-hydrogen) atoms. The van der Waals surface area contributed by atoms with Crippen LogP contribution in [-0.2, 0) is 10.0 Å². The maximum Gasteiger partial charge on any atom is 0.245 e. The van der Waals surface area contributed by atoms with Gasteiger partial charge in [-0.05, 0) is 17.9 Å². The van der Waals surface area contributed by atoms with E-state index in [9.17, 15) is 8.42 Å². The van der Waals surface area contributed by atoms with Crippen molar-refractivity contribution in [1.29, 1.82) is 0 Å². The first kappa shape index (κ1) is 13.0. The van der Waals surface area contributed by atoms with Crippen LogP contribution in [0.5, 0.6) is 0 Å². The number of hydrogen-bond donors (Lipinski definition) is 1. The summed E-state index contributed by atoms with van der Waals surface area (Å²) in [6, 6.07) is 1.53. The zero-order valence-corrected chi connectivity index (χ0v) is 12.0. The second-order valence-electron chi connectivity index (χ2n) is 4.18. The number of rotatable bonds is 3. The summed E-state index contributed by atoms with van der Waals surface area (Å²) in [7, 11) is -3.52. The molecule has 1 saturated heterocycles. The Bertz CT molecular complexity index is 669. The van der Waals surface area contributed by atoms with Gasteiger partial charge in [-0.15, -0.1) is 21.5 Å². The van der Waals surface area contributed by atoms with Crippen molar-refractivity contribution in [2.75, 3.05) is 13.1 Å². The van der Waals surface area contributed by atoms with E-state index in [0.717, 1.165) is 0 Å². The molecule has 1 aliphatic heterocycles. The zero-order valence-electron chi connectivity index (χ0n) is 9.65. The second kappa shape index (κ2) is 4.82.